The van der Waals surface area contributed by atoms with Crippen molar-refractivity contribution in [2.75, 3.05) is 45.9 Å². The summed E-state index contributed by atoms with van der Waals surface area (Å²) >= 11 is 0. The van der Waals surface area contributed by atoms with Gasteiger partial charge in [-0.3, -0.25) is 0 Å². The zero-order valence-electron chi connectivity index (χ0n) is 15.0. The fourth-order valence-corrected chi connectivity index (χ4v) is 0.445. The maximum absolute atomic E-state index is 7.99. The van der Waals surface area contributed by atoms with Crippen molar-refractivity contribution < 1.29 is 10.2 Å². The van der Waals surface area contributed by atoms with E-state index in [0.717, 1.165) is 32.0 Å². The van der Waals surface area contributed by atoms with E-state index >= 15 is 0 Å². The second kappa shape index (κ2) is 32.6. The highest BCUT2D eigenvalue weighted by atomic mass is 16.3. The summed E-state index contributed by atoms with van der Waals surface area (Å²) in [5, 5.41) is 15.7. The van der Waals surface area contributed by atoms with Crippen LogP contribution in [0.5, 0.6) is 0 Å². The van der Waals surface area contributed by atoms with Crippen molar-refractivity contribution in [1.82, 2.24) is 0 Å². The second-order valence-electron chi connectivity index (χ2n) is 5.09. The summed E-state index contributed by atoms with van der Waals surface area (Å²) in [7, 11) is 0. The first kappa shape index (κ1) is 29.7. The quantitative estimate of drug-likeness (QED) is 0.346. The molecule has 0 atom stereocenters. The molecule has 7 nitrogen and oxygen atoms in total. The number of nitrogens with two attached hydrogens (primary N) is 5. The van der Waals surface area contributed by atoms with Crippen LogP contribution in [0.4, 0.5) is 0 Å². The first-order valence-electron chi connectivity index (χ1n) is 8.17. The molecule has 22 heavy (non-hydrogen) atoms. The van der Waals surface area contributed by atoms with Crippen LogP contribution in [-0.4, -0.2) is 56.2 Å². The Balaban J connectivity index is -0.0000000933. The van der Waals surface area contributed by atoms with Crippen molar-refractivity contribution in [2.45, 2.75) is 40.0 Å². The van der Waals surface area contributed by atoms with Gasteiger partial charge in [-0.2, -0.15) is 0 Å². The van der Waals surface area contributed by atoms with Gasteiger partial charge in [0, 0.05) is 13.2 Å². The molecule has 1 aliphatic carbocycles. The standard InChI is InChI=1S/C4H9N.C4H11N.C3H9NO.C2H7NO.C2H7N/c5-3-4-1-2-4;1-4(2)3-5;4-2-1-3-5;3-1-2-4;1-2-3/h4H,1-3,5H2;4H,3,5H2,1-2H3;5H,1-4H2;4H,1-3H2;2-3H2,1H3. The van der Waals surface area contributed by atoms with Gasteiger partial charge < -0.3 is 38.9 Å². The molecule has 0 aliphatic heterocycles. The van der Waals surface area contributed by atoms with Gasteiger partial charge in [-0.1, -0.05) is 20.8 Å². The molecule has 12 N–H and O–H groups in total. The van der Waals surface area contributed by atoms with Crippen LogP contribution in [0, 0.1) is 11.8 Å². The van der Waals surface area contributed by atoms with Crippen molar-refractivity contribution in [3.63, 3.8) is 0 Å². The van der Waals surface area contributed by atoms with E-state index < -0.39 is 0 Å². The van der Waals surface area contributed by atoms with Gasteiger partial charge in [0.2, 0.25) is 0 Å². The second-order valence-corrected chi connectivity index (χ2v) is 5.09. The van der Waals surface area contributed by atoms with Gasteiger partial charge in [-0.05, 0) is 57.3 Å². The molecular weight excluding hydrogens is 282 g/mol. The van der Waals surface area contributed by atoms with Crippen LogP contribution in [0.15, 0.2) is 0 Å². The van der Waals surface area contributed by atoms with Gasteiger partial charge in [0.25, 0.3) is 0 Å². The van der Waals surface area contributed by atoms with Gasteiger partial charge in [0.05, 0.1) is 6.61 Å². The third kappa shape index (κ3) is 73.1. The highest BCUT2D eigenvalue weighted by Crippen LogP contribution is 2.26. The number of hydrogen-bond acceptors (Lipinski definition) is 7. The molecule has 0 amide bonds. The minimum atomic E-state index is 0.0972. The maximum atomic E-state index is 7.99. The zero-order valence-corrected chi connectivity index (χ0v) is 15.0. The summed E-state index contributed by atoms with van der Waals surface area (Å²) in [6.07, 6.45) is 3.49. The van der Waals surface area contributed by atoms with E-state index in [1.54, 1.807) is 0 Å². The third-order valence-electron chi connectivity index (χ3n) is 1.99. The number of hydrogen-bond donors (Lipinski definition) is 7. The van der Waals surface area contributed by atoms with E-state index in [2.05, 4.69) is 13.8 Å². The van der Waals surface area contributed by atoms with Crippen molar-refractivity contribution in [3.8, 4) is 0 Å². The lowest BCUT2D eigenvalue weighted by atomic mass is 10.2. The van der Waals surface area contributed by atoms with Crippen LogP contribution in [0.25, 0.3) is 0 Å². The normalized spacial score (nSPS) is 11.6. The number of aliphatic hydroxyl groups is 2. The van der Waals surface area contributed by atoms with Crippen LogP contribution in [0.1, 0.15) is 40.0 Å². The highest BCUT2D eigenvalue weighted by Gasteiger charge is 2.17. The molecule has 1 fully saturated rings. The Bertz CT molecular complexity index is 142. The zero-order chi connectivity index (χ0) is 18.2. The molecule has 0 aromatic carbocycles. The maximum Gasteiger partial charge on any atom is 0.0553 e. The van der Waals surface area contributed by atoms with Crippen LogP contribution >= 0.6 is 0 Å². The lowest BCUT2D eigenvalue weighted by Gasteiger charge is -1.91. The fraction of sp³-hybridized carbons (Fsp3) is 1.00. The predicted octanol–water partition coefficient (Wildman–Crippen LogP) is -0.814. The minimum Gasteiger partial charge on any atom is -0.396 e. The smallest absolute Gasteiger partial charge is 0.0553 e. The van der Waals surface area contributed by atoms with E-state index in [0.29, 0.717) is 19.0 Å². The molecular formula is C15H43N5O2. The first-order chi connectivity index (χ1) is 10.4. The van der Waals surface area contributed by atoms with Crippen molar-refractivity contribution in [1.29, 1.82) is 0 Å². The van der Waals surface area contributed by atoms with E-state index in [1.807, 2.05) is 6.92 Å². The summed E-state index contributed by atoms with van der Waals surface area (Å²) in [6.45, 7) is 9.85. The molecule has 0 spiro atoms. The van der Waals surface area contributed by atoms with Gasteiger partial charge in [-0.15, -0.1) is 0 Å². The molecule has 1 aliphatic rings. The molecule has 7 heteroatoms. The van der Waals surface area contributed by atoms with Crippen LogP contribution in [0.2, 0.25) is 0 Å². The Morgan fingerprint density at radius 2 is 1.27 bits per heavy atom. The van der Waals surface area contributed by atoms with E-state index in [9.17, 15) is 0 Å². The lowest BCUT2D eigenvalue weighted by molar-refractivity contribution is 0.291. The topological polar surface area (TPSA) is 171 Å². The van der Waals surface area contributed by atoms with Gasteiger partial charge in [0.15, 0.2) is 0 Å². The Morgan fingerprint density at radius 3 is 1.27 bits per heavy atom. The average molecular weight is 326 g/mol. The Hall–Kier alpha value is -0.280. The minimum absolute atomic E-state index is 0.0972. The molecule has 140 valence electrons. The third-order valence-corrected chi connectivity index (χ3v) is 1.99. The largest absolute Gasteiger partial charge is 0.396 e. The molecule has 0 heterocycles. The number of aliphatic hydroxyl groups excluding tert-OH is 2. The van der Waals surface area contributed by atoms with E-state index in [1.165, 1.54) is 12.8 Å². The van der Waals surface area contributed by atoms with Gasteiger partial charge >= 0.3 is 0 Å². The van der Waals surface area contributed by atoms with Crippen molar-refractivity contribution >= 4 is 0 Å². The van der Waals surface area contributed by atoms with Crippen molar-refractivity contribution in [2.24, 2.45) is 40.5 Å². The van der Waals surface area contributed by atoms with Crippen LogP contribution < -0.4 is 28.7 Å². The van der Waals surface area contributed by atoms with Crippen LogP contribution in [-0.2, 0) is 0 Å². The highest BCUT2D eigenvalue weighted by molar-refractivity contribution is 4.72. The van der Waals surface area contributed by atoms with E-state index in [-0.39, 0.29) is 13.2 Å². The molecule has 1 rings (SSSR count). The molecule has 0 bridgehead atoms. The predicted molar refractivity (Wildman–Crippen MR) is 97.3 cm³/mol. The summed E-state index contributed by atoms with van der Waals surface area (Å²) in [5.74, 6) is 1.57. The number of rotatable bonds is 5. The van der Waals surface area contributed by atoms with Crippen LogP contribution in [0.3, 0.4) is 0 Å². The Morgan fingerprint density at radius 1 is 0.909 bits per heavy atom. The molecule has 0 radical (unpaired) electrons. The van der Waals surface area contributed by atoms with Gasteiger partial charge in [-0.25, -0.2) is 0 Å². The SMILES string of the molecule is CC(C)CN.CCN.NCC1CC1.NCCCO.NCCO. The van der Waals surface area contributed by atoms with Crippen molar-refractivity contribution in [3.05, 3.63) is 0 Å². The summed E-state index contributed by atoms with van der Waals surface area (Å²) < 4.78 is 0. The Labute approximate surface area is 137 Å². The summed E-state index contributed by atoms with van der Waals surface area (Å²) in [5.41, 5.74) is 25.0. The lowest BCUT2D eigenvalue weighted by Crippen LogP contribution is -2.05. The summed E-state index contributed by atoms with van der Waals surface area (Å²) in [6, 6.07) is 0. The average Bonchev–Trinajstić information content (AvgIpc) is 3.34. The molecule has 0 aromatic rings. The van der Waals surface area contributed by atoms with Gasteiger partial charge in [0.1, 0.15) is 0 Å². The molecule has 0 aromatic heterocycles. The monoisotopic (exact) mass is 325 g/mol. The Kier molecular flexibility index (Phi) is 44.0. The fourth-order valence-electron chi connectivity index (χ4n) is 0.445. The van der Waals surface area contributed by atoms with E-state index in [4.69, 9.17) is 38.9 Å². The summed E-state index contributed by atoms with van der Waals surface area (Å²) in [4.78, 5) is 0. The molecule has 1 saturated carbocycles. The first-order valence-corrected chi connectivity index (χ1v) is 8.17. The molecule has 0 unspecified atom stereocenters. The molecule has 0 saturated heterocycles.